The van der Waals surface area contributed by atoms with Gasteiger partial charge >= 0.3 is 5.97 Å². The Morgan fingerprint density at radius 2 is 1.75 bits per heavy atom. The predicted octanol–water partition coefficient (Wildman–Crippen LogP) is 1.49. The molecule has 0 radical (unpaired) electrons. The third-order valence-electron chi connectivity index (χ3n) is 4.49. The Balaban J connectivity index is 1.49. The number of hydrogen-bond acceptors (Lipinski definition) is 6. The lowest BCUT2D eigenvalue weighted by atomic mass is 10.1. The number of nitriles is 1. The second kappa shape index (κ2) is 8.86. The van der Waals surface area contributed by atoms with E-state index < -0.39 is 5.97 Å². The molecule has 28 heavy (non-hydrogen) atoms. The normalized spacial score (nSPS) is 13.7. The highest BCUT2D eigenvalue weighted by molar-refractivity contribution is 5.93. The molecular formula is C20H19N3O5. The van der Waals surface area contributed by atoms with Gasteiger partial charge in [-0.3, -0.25) is 9.59 Å². The fraction of sp³-hybridized carbons (Fsp3) is 0.300. The van der Waals surface area contributed by atoms with E-state index in [0.29, 0.717) is 31.7 Å². The van der Waals surface area contributed by atoms with Crippen molar-refractivity contribution < 1.29 is 23.5 Å². The van der Waals surface area contributed by atoms with E-state index in [9.17, 15) is 14.4 Å². The van der Waals surface area contributed by atoms with Crippen molar-refractivity contribution >= 4 is 17.8 Å². The van der Waals surface area contributed by atoms with Crippen LogP contribution in [0.3, 0.4) is 0 Å². The standard InChI is InChI=1S/C20H19N3O5/c21-8-7-15-4-1-2-5-16(15)20(26)28-14-18(24)22-9-11-23(12-10-22)19(25)17-6-3-13-27-17/h1-6,13H,7,9-12,14H2. The molecule has 144 valence electrons. The lowest BCUT2D eigenvalue weighted by molar-refractivity contribution is -0.136. The highest BCUT2D eigenvalue weighted by atomic mass is 16.5. The molecule has 3 rings (SSSR count). The number of carbonyl (C=O) groups excluding carboxylic acids is 3. The Bertz CT molecular complexity index is 893. The first-order valence-electron chi connectivity index (χ1n) is 8.82. The first-order chi connectivity index (χ1) is 13.6. The molecule has 0 aliphatic carbocycles. The van der Waals surface area contributed by atoms with Crippen LogP contribution < -0.4 is 0 Å². The van der Waals surface area contributed by atoms with Crippen LogP contribution in [-0.4, -0.2) is 60.4 Å². The number of ether oxygens (including phenoxy) is 1. The molecule has 1 aliphatic heterocycles. The lowest BCUT2D eigenvalue weighted by Crippen LogP contribution is -2.51. The van der Waals surface area contributed by atoms with Crippen LogP contribution in [0, 0.1) is 11.3 Å². The van der Waals surface area contributed by atoms with Crippen LogP contribution in [0.4, 0.5) is 0 Å². The SMILES string of the molecule is N#CCc1ccccc1C(=O)OCC(=O)N1CCN(C(=O)c2ccco2)CC1. The van der Waals surface area contributed by atoms with Crippen molar-refractivity contribution in [1.82, 2.24) is 9.80 Å². The van der Waals surface area contributed by atoms with Crippen molar-refractivity contribution in [2.45, 2.75) is 6.42 Å². The van der Waals surface area contributed by atoms with Crippen molar-refractivity contribution in [3.05, 3.63) is 59.5 Å². The topological polar surface area (TPSA) is 104 Å². The molecular weight excluding hydrogens is 362 g/mol. The van der Waals surface area contributed by atoms with Gasteiger partial charge in [0, 0.05) is 26.2 Å². The number of hydrogen-bond donors (Lipinski definition) is 0. The summed E-state index contributed by atoms with van der Waals surface area (Å²) in [5.41, 5.74) is 0.846. The van der Waals surface area contributed by atoms with E-state index in [1.807, 2.05) is 6.07 Å². The Morgan fingerprint density at radius 3 is 2.43 bits per heavy atom. The Kier molecular flexibility index (Phi) is 6.07. The van der Waals surface area contributed by atoms with Gasteiger partial charge in [-0.1, -0.05) is 18.2 Å². The van der Waals surface area contributed by atoms with Gasteiger partial charge in [-0.2, -0.15) is 5.26 Å². The number of nitrogens with zero attached hydrogens (tertiary/aromatic N) is 3. The first-order valence-corrected chi connectivity index (χ1v) is 8.82. The fourth-order valence-electron chi connectivity index (χ4n) is 2.97. The largest absolute Gasteiger partial charge is 0.459 e. The van der Waals surface area contributed by atoms with Crippen LogP contribution in [0.15, 0.2) is 47.1 Å². The maximum absolute atomic E-state index is 12.3. The second-order valence-corrected chi connectivity index (χ2v) is 6.22. The van der Waals surface area contributed by atoms with Crippen molar-refractivity contribution in [3.8, 4) is 6.07 Å². The molecule has 0 atom stereocenters. The summed E-state index contributed by atoms with van der Waals surface area (Å²) in [4.78, 5) is 40.0. The number of esters is 1. The van der Waals surface area contributed by atoms with Gasteiger partial charge in [0.1, 0.15) is 0 Å². The molecule has 2 heterocycles. The highest BCUT2D eigenvalue weighted by Crippen LogP contribution is 2.12. The van der Waals surface area contributed by atoms with Gasteiger partial charge in [-0.15, -0.1) is 0 Å². The van der Waals surface area contributed by atoms with Gasteiger partial charge in [0.15, 0.2) is 12.4 Å². The smallest absolute Gasteiger partial charge is 0.338 e. The van der Waals surface area contributed by atoms with Crippen molar-refractivity contribution in [2.24, 2.45) is 0 Å². The molecule has 1 saturated heterocycles. The highest BCUT2D eigenvalue weighted by Gasteiger charge is 2.26. The van der Waals surface area contributed by atoms with Gasteiger partial charge in [-0.25, -0.2) is 4.79 Å². The minimum absolute atomic E-state index is 0.0882. The molecule has 1 aliphatic rings. The fourth-order valence-corrected chi connectivity index (χ4v) is 2.97. The number of carbonyl (C=O) groups is 3. The van der Waals surface area contributed by atoms with Crippen LogP contribution in [0.2, 0.25) is 0 Å². The van der Waals surface area contributed by atoms with Crippen LogP contribution in [-0.2, 0) is 16.0 Å². The molecule has 8 heteroatoms. The Hall–Kier alpha value is -3.60. The van der Waals surface area contributed by atoms with Gasteiger partial charge in [-0.05, 0) is 23.8 Å². The van der Waals surface area contributed by atoms with Gasteiger partial charge < -0.3 is 19.0 Å². The van der Waals surface area contributed by atoms with E-state index in [0.717, 1.165) is 0 Å². The first kappa shape index (κ1) is 19.2. The van der Waals surface area contributed by atoms with Crippen molar-refractivity contribution in [1.29, 1.82) is 5.26 Å². The molecule has 1 aromatic carbocycles. The minimum atomic E-state index is -0.633. The third kappa shape index (κ3) is 4.38. The summed E-state index contributed by atoms with van der Waals surface area (Å²) in [5, 5.41) is 8.84. The number of benzene rings is 1. The van der Waals surface area contributed by atoms with Gasteiger partial charge in [0.05, 0.1) is 24.3 Å². The maximum Gasteiger partial charge on any atom is 0.338 e. The molecule has 2 aromatic rings. The van der Waals surface area contributed by atoms with Crippen LogP contribution in [0.5, 0.6) is 0 Å². The van der Waals surface area contributed by atoms with E-state index in [1.165, 1.54) is 6.26 Å². The maximum atomic E-state index is 12.3. The van der Waals surface area contributed by atoms with Gasteiger partial charge in [0.2, 0.25) is 0 Å². The lowest BCUT2D eigenvalue weighted by Gasteiger charge is -2.34. The summed E-state index contributed by atoms with van der Waals surface area (Å²) in [6, 6.07) is 11.9. The summed E-state index contributed by atoms with van der Waals surface area (Å²) in [6.45, 7) is 1.09. The molecule has 0 bridgehead atoms. The summed E-state index contributed by atoms with van der Waals surface area (Å²) in [5.74, 6) is -0.899. The Labute approximate surface area is 161 Å². The predicted molar refractivity (Wildman–Crippen MR) is 97.2 cm³/mol. The average Bonchev–Trinajstić information content (AvgIpc) is 3.27. The molecule has 1 aromatic heterocycles. The van der Waals surface area contributed by atoms with Crippen molar-refractivity contribution in [3.63, 3.8) is 0 Å². The van der Waals surface area contributed by atoms with E-state index in [4.69, 9.17) is 14.4 Å². The quantitative estimate of drug-likeness (QED) is 0.727. The molecule has 1 fully saturated rings. The zero-order chi connectivity index (χ0) is 19.9. The summed E-state index contributed by atoms with van der Waals surface area (Å²) < 4.78 is 10.2. The third-order valence-corrected chi connectivity index (χ3v) is 4.49. The number of piperazine rings is 1. The van der Waals surface area contributed by atoms with E-state index in [1.54, 1.807) is 46.2 Å². The zero-order valence-electron chi connectivity index (χ0n) is 15.2. The van der Waals surface area contributed by atoms with Crippen LogP contribution >= 0.6 is 0 Å². The number of rotatable bonds is 5. The van der Waals surface area contributed by atoms with E-state index in [2.05, 4.69) is 0 Å². The molecule has 0 spiro atoms. The second-order valence-electron chi connectivity index (χ2n) is 6.22. The summed E-state index contributed by atoms with van der Waals surface area (Å²) in [6.07, 6.45) is 1.53. The van der Waals surface area contributed by atoms with Gasteiger partial charge in [0.25, 0.3) is 11.8 Å². The average molecular weight is 381 g/mol. The molecule has 0 saturated carbocycles. The monoisotopic (exact) mass is 381 g/mol. The number of amides is 2. The summed E-state index contributed by atoms with van der Waals surface area (Å²) >= 11 is 0. The molecule has 8 nitrogen and oxygen atoms in total. The zero-order valence-corrected chi connectivity index (χ0v) is 15.2. The van der Waals surface area contributed by atoms with Crippen LogP contribution in [0.25, 0.3) is 0 Å². The molecule has 2 amide bonds. The Morgan fingerprint density at radius 1 is 1.04 bits per heavy atom. The number of furan rings is 1. The molecule has 0 N–H and O–H groups in total. The summed E-state index contributed by atoms with van der Waals surface area (Å²) in [7, 11) is 0. The minimum Gasteiger partial charge on any atom is -0.459 e. The van der Waals surface area contributed by atoms with Crippen LogP contribution in [0.1, 0.15) is 26.5 Å². The van der Waals surface area contributed by atoms with E-state index in [-0.39, 0.29) is 36.2 Å². The van der Waals surface area contributed by atoms with Crippen molar-refractivity contribution in [2.75, 3.05) is 32.8 Å². The molecule has 0 unspecified atom stereocenters. The van der Waals surface area contributed by atoms with E-state index >= 15 is 0 Å².